The van der Waals surface area contributed by atoms with E-state index in [1.807, 2.05) is 121 Å². The predicted molar refractivity (Wildman–Crippen MR) is 222 cm³/mol. The fourth-order valence-corrected chi connectivity index (χ4v) is 7.43. The molecular formula is C48H34N4O6. The lowest BCUT2D eigenvalue weighted by atomic mass is 9.92. The molecule has 0 N–H and O–H groups in total. The first kappa shape index (κ1) is 35.6. The fraction of sp³-hybridized carbons (Fsp3) is 0.0833. The molecule has 0 saturated carbocycles. The van der Waals surface area contributed by atoms with Gasteiger partial charge in [-0.1, -0.05) is 24.3 Å². The first-order chi connectivity index (χ1) is 28.4. The Morgan fingerprint density at radius 1 is 0.379 bits per heavy atom. The summed E-state index contributed by atoms with van der Waals surface area (Å²) in [6.07, 6.45) is 0. The van der Waals surface area contributed by atoms with Gasteiger partial charge < -0.3 is 38.2 Å². The van der Waals surface area contributed by atoms with Gasteiger partial charge in [0.2, 0.25) is 0 Å². The second kappa shape index (κ2) is 14.5. The molecule has 2 heterocycles. The summed E-state index contributed by atoms with van der Waals surface area (Å²) in [5.41, 5.74) is 8.89. The van der Waals surface area contributed by atoms with Gasteiger partial charge in [0.15, 0.2) is 23.0 Å². The minimum atomic E-state index is 0.522. The Bertz CT molecular complexity index is 2580. The number of ether oxygens (including phenoxy) is 6. The number of hydrogen-bond acceptors (Lipinski definition) is 10. The van der Waals surface area contributed by atoms with Gasteiger partial charge in [0.05, 0.1) is 85.8 Å². The third-order valence-electron chi connectivity index (χ3n) is 10.3. The van der Waals surface area contributed by atoms with E-state index in [0.717, 1.165) is 56.4 Å². The molecule has 0 amide bonds. The zero-order chi connectivity index (χ0) is 39.9. The molecule has 0 spiro atoms. The minimum absolute atomic E-state index is 0.522. The average molecular weight is 763 g/mol. The van der Waals surface area contributed by atoms with Gasteiger partial charge >= 0.3 is 0 Å². The summed E-state index contributed by atoms with van der Waals surface area (Å²) < 4.78 is 36.3. The normalized spacial score (nSPS) is 12.0. The second-order valence-corrected chi connectivity index (χ2v) is 13.5. The molecule has 7 aromatic rings. The zero-order valence-corrected chi connectivity index (χ0v) is 31.9. The number of benzene rings is 7. The molecule has 0 radical (unpaired) electrons. The molecule has 0 atom stereocenters. The Morgan fingerprint density at radius 3 is 1.02 bits per heavy atom. The second-order valence-electron chi connectivity index (χ2n) is 13.5. The third-order valence-corrected chi connectivity index (χ3v) is 10.3. The van der Waals surface area contributed by atoms with Crippen LogP contribution in [-0.4, -0.2) is 28.4 Å². The molecule has 0 fully saturated rings. The van der Waals surface area contributed by atoms with Crippen molar-refractivity contribution in [1.82, 2.24) is 0 Å². The lowest BCUT2D eigenvalue weighted by molar-refractivity contribution is 0.410. The molecule has 0 saturated heterocycles. The van der Waals surface area contributed by atoms with Crippen LogP contribution in [0, 0.1) is 22.7 Å². The van der Waals surface area contributed by atoms with Crippen LogP contribution in [0.4, 0.5) is 34.1 Å². The Balaban J connectivity index is 1.46. The Hall–Kier alpha value is -8.08. The van der Waals surface area contributed by atoms with Crippen LogP contribution in [0.25, 0.3) is 22.3 Å². The van der Waals surface area contributed by atoms with Crippen molar-refractivity contribution in [3.05, 3.63) is 145 Å². The molecule has 282 valence electrons. The number of fused-ring (bicyclic) bond motifs is 4. The summed E-state index contributed by atoms with van der Waals surface area (Å²) in [4.78, 5) is 4.31. The summed E-state index contributed by atoms with van der Waals surface area (Å²) in [6.45, 7) is 0. The summed E-state index contributed by atoms with van der Waals surface area (Å²) in [5, 5.41) is 19.6. The van der Waals surface area contributed by atoms with E-state index in [2.05, 4.69) is 34.1 Å². The van der Waals surface area contributed by atoms with Crippen LogP contribution in [0.2, 0.25) is 0 Å². The van der Waals surface area contributed by atoms with Crippen LogP contribution < -0.4 is 38.2 Å². The lowest BCUT2D eigenvalue weighted by Gasteiger charge is -2.38. The number of rotatable bonds is 8. The number of hydrogen-bond donors (Lipinski definition) is 0. The van der Waals surface area contributed by atoms with Crippen LogP contribution in [-0.2, 0) is 0 Å². The van der Waals surface area contributed by atoms with E-state index >= 15 is 0 Å². The van der Waals surface area contributed by atoms with Gasteiger partial charge in [0.1, 0.15) is 23.0 Å². The zero-order valence-electron chi connectivity index (χ0n) is 31.9. The number of methoxy groups -OCH3 is 4. The SMILES string of the molecule is COc1ccc2c(c1)N(c1cc(-c3ccc(C#N)cc3)cc(N3c4cc(OC)ccc4Oc4ccc(OC)cc43)c1-c1ccc(C#N)cc1)c1cc(OC)ccc1O2. The molecule has 7 aromatic carbocycles. The monoisotopic (exact) mass is 762 g/mol. The van der Waals surface area contributed by atoms with E-state index in [9.17, 15) is 10.5 Å². The van der Waals surface area contributed by atoms with Crippen molar-refractivity contribution in [2.24, 2.45) is 0 Å². The molecule has 0 unspecified atom stereocenters. The molecule has 2 aliphatic heterocycles. The Morgan fingerprint density at radius 2 is 0.707 bits per heavy atom. The van der Waals surface area contributed by atoms with Crippen molar-refractivity contribution in [3.63, 3.8) is 0 Å². The van der Waals surface area contributed by atoms with Crippen molar-refractivity contribution < 1.29 is 28.4 Å². The molecule has 0 bridgehead atoms. The highest BCUT2D eigenvalue weighted by molar-refractivity contribution is 6.04. The van der Waals surface area contributed by atoms with Crippen LogP contribution in [0.15, 0.2) is 133 Å². The third kappa shape index (κ3) is 6.06. The summed E-state index contributed by atoms with van der Waals surface area (Å²) in [6, 6.07) is 46.7. The van der Waals surface area contributed by atoms with Crippen molar-refractivity contribution in [2.75, 3.05) is 38.2 Å². The van der Waals surface area contributed by atoms with Crippen molar-refractivity contribution in [3.8, 4) is 80.4 Å². The standard InChI is InChI=1S/C48H34N4O6/c1-53-34-13-17-44-38(23-34)51(39-24-35(54-2)14-18-45(39)57-44)42-21-33(31-9-5-29(27-49)6-10-31)22-43(48(42)32-11-7-30(28-50)8-12-32)52-40-25-36(55-3)15-19-46(40)58-47-20-16-37(56-4)26-41(47)52/h5-26H,1-4H3. The maximum atomic E-state index is 9.89. The molecular weight excluding hydrogens is 729 g/mol. The fourth-order valence-electron chi connectivity index (χ4n) is 7.43. The Labute approximate surface area is 335 Å². The maximum absolute atomic E-state index is 9.89. The van der Waals surface area contributed by atoms with Crippen LogP contribution in [0.3, 0.4) is 0 Å². The molecule has 58 heavy (non-hydrogen) atoms. The molecule has 0 aromatic heterocycles. The van der Waals surface area contributed by atoms with Gasteiger partial charge in [0.25, 0.3) is 0 Å². The molecule has 2 aliphatic rings. The van der Waals surface area contributed by atoms with Crippen LogP contribution in [0.5, 0.6) is 46.0 Å². The van der Waals surface area contributed by atoms with Crippen molar-refractivity contribution >= 4 is 34.1 Å². The molecule has 0 aliphatic carbocycles. The molecule has 10 heteroatoms. The highest BCUT2D eigenvalue weighted by Crippen LogP contribution is 2.60. The topological polar surface area (TPSA) is 109 Å². The molecule has 9 rings (SSSR count). The highest BCUT2D eigenvalue weighted by atomic mass is 16.5. The van der Waals surface area contributed by atoms with Gasteiger partial charge in [-0.25, -0.2) is 0 Å². The highest BCUT2D eigenvalue weighted by Gasteiger charge is 2.35. The summed E-state index contributed by atoms with van der Waals surface area (Å²) >= 11 is 0. The van der Waals surface area contributed by atoms with Crippen LogP contribution in [0.1, 0.15) is 11.1 Å². The first-order valence-electron chi connectivity index (χ1n) is 18.3. The van der Waals surface area contributed by atoms with Crippen LogP contribution >= 0.6 is 0 Å². The lowest BCUT2D eigenvalue weighted by Crippen LogP contribution is -2.20. The van der Waals surface area contributed by atoms with E-state index < -0.39 is 0 Å². The quantitative estimate of drug-likeness (QED) is 0.148. The van der Waals surface area contributed by atoms with E-state index in [0.29, 0.717) is 57.1 Å². The van der Waals surface area contributed by atoms with Gasteiger partial charge in [-0.2, -0.15) is 10.5 Å². The van der Waals surface area contributed by atoms with Gasteiger partial charge in [-0.05, 0) is 102 Å². The summed E-state index contributed by atoms with van der Waals surface area (Å²) in [7, 11) is 6.53. The minimum Gasteiger partial charge on any atom is -0.497 e. The van der Waals surface area contributed by atoms with E-state index in [1.54, 1.807) is 28.4 Å². The van der Waals surface area contributed by atoms with E-state index in [4.69, 9.17) is 28.4 Å². The smallest absolute Gasteiger partial charge is 0.151 e. The number of nitriles is 2. The van der Waals surface area contributed by atoms with Crippen molar-refractivity contribution in [2.45, 2.75) is 0 Å². The number of anilines is 6. The number of nitrogens with zero attached hydrogens (tertiary/aromatic N) is 4. The predicted octanol–water partition coefficient (Wildman–Crippen LogP) is 11.9. The van der Waals surface area contributed by atoms with Crippen molar-refractivity contribution in [1.29, 1.82) is 10.5 Å². The van der Waals surface area contributed by atoms with Gasteiger partial charge in [-0.15, -0.1) is 0 Å². The first-order valence-corrected chi connectivity index (χ1v) is 18.3. The largest absolute Gasteiger partial charge is 0.497 e. The maximum Gasteiger partial charge on any atom is 0.151 e. The van der Waals surface area contributed by atoms with Gasteiger partial charge in [-0.3, -0.25) is 0 Å². The van der Waals surface area contributed by atoms with E-state index in [-0.39, 0.29) is 0 Å². The van der Waals surface area contributed by atoms with E-state index in [1.165, 1.54) is 0 Å². The molecule has 10 nitrogen and oxygen atoms in total. The summed E-state index contributed by atoms with van der Waals surface area (Å²) in [5.74, 6) is 5.01. The average Bonchev–Trinajstić information content (AvgIpc) is 3.28. The van der Waals surface area contributed by atoms with Gasteiger partial charge in [0, 0.05) is 29.8 Å². The Kier molecular flexibility index (Phi) is 8.92.